The minimum Gasteiger partial charge on any atom is -0.359 e. The number of hydrogen-bond donors (Lipinski definition) is 2. The fraction of sp³-hybridized carbons (Fsp3) is 0.471. The number of rotatable bonds is 4. The number of anilines is 1. The highest BCUT2D eigenvalue weighted by Gasteiger charge is 2.25. The van der Waals surface area contributed by atoms with Gasteiger partial charge in [0.15, 0.2) is 5.76 Å². The predicted octanol–water partition coefficient (Wildman–Crippen LogP) is 3.42. The summed E-state index contributed by atoms with van der Waals surface area (Å²) in [7, 11) is 0. The summed E-state index contributed by atoms with van der Waals surface area (Å²) in [6.45, 7) is 11.5. The zero-order valence-corrected chi connectivity index (χ0v) is 15.6. The van der Waals surface area contributed by atoms with Gasteiger partial charge in [-0.3, -0.25) is 9.59 Å². The summed E-state index contributed by atoms with van der Waals surface area (Å²) < 4.78 is 4.99. The molecule has 1 atom stereocenters. The Hall–Kier alpha value is -2.15. The number of nitrogens with zero attached hydrogens (tertiary/aromatic N) is 1. The zero-order valence-electron chi connectivity index (χ0n) is 14.8. The monoisotopic (exact) mass is 349 g/mol. The fourth-order valence-electron chi connectivity index (χ4n) is 2.60. The molecular weight excluding hydrogens is 326 g/mol. The maximum absolute atomic E-state index is 12.3. The minimum atomic E-state index is -0.723. The van der Waals surface area contributed by atoms with E-state index in [4.69, 9.17) is 4.52 Å². The molecule has 0 saturated heterocycles. The molecule has 2 N–H and O–H groups in total. The van der Waals surface area contributed by atoms with E-state index < -0.39 is 11.8 Å². The number of carbonyl (C=O) groups excluding carboxylic acids is 2. The van der Waals surface area contributed by atoms with E-state index in [9.17, 15) is 9.59 Å². The Labute approximate surface area is 145 Å². The van der Waals surface area contributed by atoms with Gasteiger partial charge in [-0.2, -0.15) is 0 Å². The largest absolute Gasteiger partial charge is 0.359 e. The van der Waals surface area contributed by atoms with E-state index in [0.29, 0.717) is 17.1 Å². The Morgan fingerprint density at radius 2 is 1.83 bits per heavy atom. The summed E-state index contributed by atoms with van der Waals surface area (Å²) in [6.07, 6.45) is 0. The van der Waals surface area contributed by atoms with Crippen molar-refractivity contribution in [2.75, 3.05) is 5.32 Å². The van der Waals surface area contributed by atoms with Crippen LogP contribution in [0, 0.1) is 33.6 Å². The molecule has 0 fully saturated rings. The van der Waals surface area contributed by atoms with Crippen molar-refractivity contribution in [1.82, 2.24) is 10.5 Å². The van der Waals surface area contributed by atoms with Crippen molar-refractivity contribution >= 4 is 28.8 Å². The Bertz CT molecular complexity index is 742. The van der Waals surface area contributed by atoms with E-state index in [-0.39, 0.29) is 12.0 Å². The van der Waals surface area contributed by atoms with Crippen molar-refractivity contribution < 1.29 is 14.1 Å². The lowest BCUT2D eigenvalue weighted by atomic mass is 9.96. The molecular formula is C17H23N3O3S. The number of aryl methyl sites for hydroxylation is 4. The van der Waals surface area contributed by atoms with Gasteiger partial charge in [-0.05, 0) is 45.2 Å². The van der Waals surface area contributed by atoms with Crippen molar-refractivity contribution in [2.24, 2.45) is 5.92 Å². The molecule has 0 aliphatic heterocycles. The second kappa shape index (κ2) is 7.17. The van der Waals surface area contributed by atoms with Gasteiger partial charge in [0.1, 0.15) is 11.4 Å². The third-order valence-corrected chi connectivity index (χ3v) is 4.83. The van der Waals surface area contributed by atoms with E-state index >= 15 is 0 Å². The average molecular weight is 349 g/mol. The molecule has 0 aliphatic rings. The molecule has 24 heavy (non-hydrogen) atoms. The lowest BCUT2D eigenvalue weighted by molar-refractivity contribution is -0.136. The molecule has 0 aromatic carbocycles. The van der Waals surface area contributed by atoms with E-state index in [1.165, 1.54) is 4.88 Å². The standard InChI is InChI=1S/C17H23N3O3S/c1-8(2)14(13-7-9(3)24-12(13)6)18-16(21)17(22)19-15-10(4)20-23-11(15)5/h7-8,14H,1-6H3,(H,18,21)(H,19,22)/t14-/m0/s1. The predicted molar refractivity (Wildman–Crippen MR) is 94.1 cm³/mol. The van der Waals surface area contributed by atoms with Crippen molar-refractivity contribution in [3.8, 4) is 0 Å². The maximum Gasteiger partial charge on any atom is 0.313 e. The van der Waals surface area contributed by atoms with Gasteiger partial charge in [-0.25, -0.2) is 0 Å². The number of thiophene rings is 1. The highest BCUT2D eigenvalue weighted by Crippen LogP contribution is 2.30. The molecule has 0 unspecified atom stereocenters. The van der Waals surface area contributed by atoms with Crippen molar-refractivity contribution in [1.29, 1.82) is 0 Å². The molecule has 0 radical (unpaired) electrons. The topological polar surface area (TPSA) is 84.2 Å². The Morgan fingerprint density at radius 3 is 2.29 bits per heavy atom. The van der Waals surface area contributed by atoms with Crippen LogP contribution in [0.1, 0.15) is 46.7 Å². The number of amides is 2. The summed E-state index contributed by atoms with van der Waals surface area (Å²) in [6, 6.07) is 1.86. The number of carbonyl (C=O) groups is 2. The Kier molecular flexibility index (Phi) is 5.43. The van der Waals surface area contributed by atoms with Crippen molar-refractivity contribution in [2.45, 2.75) is 47.6 Å². The first-order chi connectivity index (χ1) is 11.2. The highest BCUT2D eigenvalue weighted by molar-refractivity contribution is 7.12. The van der Waals surface area contributed by atoms with Crippen LogP contribution in [0.15, 0.2) is 10.6 Å². The normalized spacial score (nSPS) is 12.3. The SMILES string of the molecule is Cc1cc([C@@H](NC(=O)C(=O)Nc2c(C)noc2C)C(C)C)c(C)s1. The van der Waals surface area contributed by atoms with Gasteiger partial charge in [0.05, 0.1) is 6.04 Å². The number of hydrogen-bond acceptors (Lipinski definition) is 5. The van der Waals surface area contributed by atoms with Gasteiger partial charge >= 0.3 is 11.8 Å². The molecule has 2 aromatic rings. The second-order valence-electron chi connectivity index (χ2n) is 6.22. The molecule has 7 heteroatoms. The maximum atomic E-state index is 12.3. The molecule has 0 aliphatic carbocycles. The van der Waals surface area contributed by atoms with Gasteiger partial charge in [0.25, 0.3) is 0 Å². The van der Waals surface area contributed by atoms with E-state index in [1.807, 2.05) is 27.7 Å². The number of aromatic nitrogens is 1. The van der Waals surface area contributed by atoms with Crippen molar-refractivity contribution in [3.63, 3.8) is 0 Å². The lowest BCUT2D eigenvalue weighted by Crippen LogP contribution is -2.39. The second-order valence-corrected chi connectivity index (χ2v) is 7.68. The Balaban J connectivity index is 2.13. The van der Waals surface area contributed by atoms with Gasteiger partial charge in [-0.1, -0.05) is 19.0 Å². The van der Waals surface area contributed by atoms with Crippen LogP contribution in [0.2, 0.25) is 0 Å². The van der Waals surface area contributed by atoms with Crippen LogP contribution >= 0.6 is 11.3 Å². The fourth-order valence-corrected chi connectivity index (χ4v) is 3.57. The molecule has 6 nitrogen and oxygen atoms in total. The molecule has 2 rings (SSSR count). The molecule has 0 bridgehead atoms. The van der Waals surface area contributed by atoms with Crippen LogP contribution in [0.4, 0.5) is 5.69 Å². The van der Waals surface area contributed by atoms with Gasteiger partial charge in [0.2, 0.25) is 0 Å². The molecule has 2 amide bonds. The third-order valence-electron chi connectivity index (χ3n) is 3.85. The van der Waals surface area contributed by atoms with Crippen LogP contribution < -0.4 is 10.6 Å². The first-order valence-electron chi connectivity index (χ1n) is 7.82. The van der Waals surface area contributed by atoms with E-state index in [0.717, 1.165) is 10.4 Å². The summed E-state index contributed by atoms with van der Waals surface area (Å²) in [5.41, 5.74) is 2.04. The van der Waals surface area contributed by atoms with Crippen molar-refractivity contribution in [3.05, 3.63) is 32.8 Å². The zero-order chi connectivity index (χ0) is 18.0. The highest BCUT2D eigenvalue weighted by atomic mass is 32.1. The van der Waals surface area contributed by atoms with Crippen LogP contribution in [-0.2, 0) is 9.59 Å². The van der Waals surface area contributed by atoms with Crippen LogP contribution in [-0.4, -0.2) is 17.0 Å². The van der Waals surface area contributed by atoms with E-state index in [1.54, 1.807) is 25.2 Å². The summed E-state index contributed by atoms with van der Waals surface area (Å²) >= 11 is 1.69. The van der Waals surface area contributed by atoms with Crippen LogP contribution in [0.5, 0.6) is 0 Å². The van der Waals surface area contributed by atoms with Gasteiger partial charge in [-0.15, -0.1) is 11.3 Å². The van der Waals surface area contributed by atoms with Gasteiger partial charge in [0, 0.05) is 9.75 Å². The third kappa shape index (κ3) is 3.84. The minimum absolute atomic E-state index is 0.161. The summed E-state index contributed by atoms with van der Waals surface area (Å²) in [4.78, 5) is 26.9. The first kappa shape index (κ1) is 18.2. The van der Waals surface area contributed by atoms with Gasteiger partial charge < -0.3 is 15.2 Å². The van der Waals surface area contributed by atoms with E-state index in [2.05, 4.69) is 21.9 Å². The summed E-state index contributed by atoms with van der Waals surface area (Å²) in [5.74, 6) is -0.761. The molecule has 2 heterocycles. The van der Waals surface area contributed by atoms with Crippen LogP contribution in [0.25, 0.3) is 0 Å². The quantitative estimate of drug-likeness (QED) is 0.828. The molecule has 0 spiro atoms. The first-order valence-corrected chi connectivity index (χ1v) is 8.64. The van der Waals surface area contributed by atoms with Crippen LogP contribution in [0.3, 0.4) is 0 Å². The Morgan fingerprint density at radius 1 is 1.17 bits per heavy atom. The molecule has 2 aromatic heterocycles. The average Bonchev–Trinajstić information content (AvgIpc) is 2.99. The number of nitrogens with one attached hydrogen (secondary N) is 2. The molecule has 130 valence electrons. The smallest absolute Gasteiger partial charge is 0.313 e. The molecule has 0 saturated carbocycles. The summed E-state index contributed by atoms with van der Waals surface area (Å²) in [5, 5.41) is 9.17. The lowest BCUT2D eigenvalue weighted by Gasteiger charge is -2.22.